The van der Waals surface area contributed by atoms with Crippen molar-refractivity contribution >= 4 is 0 Å². The molecule has 0 aliphatic heterocycles. The number of nitrogens with one attached hydrogen (secondary N) is 1. The molecule has 78 valence electrons. The molecule has 0 radical (unpaired) electrons. The van der Waals surface area contributed by atoms with Gasteiger partial charge in [0, 0.05) is 12.6 Å². The van der Waals surface area contributed by atoms with E-state index in [4.69, 9.17) is 4.74 Å². The van der Waals surface area contributed by atoms with Crippen molar-refractivity contribution in [1.29, 1.82) is 0 Å². The first-order valence-corrected chi connectivity index (χ1v) is 5.17. The molecule has 0 spiro atoms. The molecule has 0 aromatic heterocycles. The third kappa shape index (κ3) is 3.79. The molecule has 2 nitrogen and oxygen atoms in total. The molecule has 1 aromatic rings. The first-order chi connectivity index (χ1) is 6.72. The van der Waals surface area contributed by atoms with Crippen molar-refractivity contribution in [3.05, 3.63) is 29.8 Å². The van der Waals surface area contributed by atoms with Crippen molar-refractivity contribution in [2.24, 2.45) is 0 Å². The number of ether oxygens (including phenoxy) is 1. The molecule has 0 aliphatic carbocycles. The molecule has 14 heavy (non-hydrogen) atoms. The lowest BCUT2D eigenvalue weighted by Crippen LogP contribution is -2.21. The van der Waals surface area contributed by atoms with E-state index in [-0.39, 0.29) is 0 Å². The topological polar surface area (TPSA) is 21.3 Å². The third-order valence-corrected chi connectivity index (χ3v) is 1.92. The zero-order chi connectivity index (χ0) is 10.4. The Kier molecular flexibility index (Phi) is 4.47. The van der Waals surface area contributed by atoms with Gasteiger partial charge in [0.05, 0.1) is 6.61 Å². The normalized spacial score (nSPS) is 10.6. The maximum atomic E-state index is 5.43. The molecule has 0 aliphatic rings. The van der Waals surface area contributed by atoms with E-state index in [9.17, 15) is 0 Å². The van der Waals surface area contributed by atoms with Gasteiger partial charge in [0.25, 0.3) is 0 Å². The van der Waals surface area contributed by atoms with E-state index in [2.05, 4.69) is 31.3 Å². The van der Waals surface area contributed by atoms with Crippen LogP contribution in [0.4, 0.5) is 0 Å². The van der Waals surface area contributed by atoms with Crippen molar-refractivity contribution in [1.82, 2.24) is 5.32 Å². The molecule has 0 unspecified atom stereocenters. The second-order valence-electron chi connectivity index (χ2n) is 3.62. The van der Waals surface area contributed by atoms with E-state index in [0.717, 1.165) is 18.9 Å². The van der Waals surface area contributed by atoms with Crippen LogP contribution < -0.4 is 10.1 Å². The summed E-state index contributed by atoms with van der Waals surface area (Å²) in [4.78, 5) is 0. The largest absolute Gasteiger partial charge is 0.494 e. The Morgan fingerprint density at radius 3 is 2.79 bits per heavy atom. The fraction of sp³-hybridized carbons (Fsp3) is 0.500. The van der Waals surface area contributed by atoms with E-state index >= 15 is 0 Å². The summed E-state index contributed by atoms with van der Waals surface area (Å²) in [5.74, 6) is 0.954. The molecule has 0 bridgehead atoms. The Bertz CT molecular complexity index is 271. The molecule has 1 rings (SSSR count). The lowest BCUT2D eigenvalue weighted by molar-refractivity contribution is 0.339. The summed E-state index contributed by atoms with van der Waals surface area (Å²) in [5.41, 5.74) is 1.27. The van der Waals surface area contributed by atoms with Crippen molar-refractivity contribution < 1.29 is 4.74 Å². The van der Waals surface area contributed by atoms with Crippen molar-refractivity contribution in [3.63, 3.8) is 0 Å². The highest BCUT2D eigenvalue weighted by molar-refractivity contribution is 5.28. The van der Waals surface area contributed by atoms with E-state index in [1.165, 1.54) is 5.56 Å². The molecule has 0 saturated heterocycles. The van der Waals surface area contributed by atoms with E-state index in [0.29, 0.717) is 6.04 Å². The second-order valence-corrected chi connectivity index (χ2v) is 3.62. The van der Waals surface area contributed by atoms with Gasteiger partial charge < -0.3 is 10.1 Å². The number of benzene rings is 1. The van der Waals surface area contributed by atoms with Crippen LogP contribution in [0.5, 0.6) is 5.75 Å². The summed E-state index contributed by atoms with van der Waals surface area (Å²) in [7, 11) is 0. The molecular formula is C12H19NO. The third-order valence-electron chi connectivity index (χ3n) is 1.92. The zero-order valence-corrected chi connectivity index (χ0v) is 9.21. The van der Waals surface area contributed by atoms with Crippen LogP contribution in [0, 0.1) is 0 Å². The summed E-state index contributed by atoms with van der Waals surface area (Å²) in [6.07, 6.45) is 0. The van der Waals surface area contributed by atoms with Gasteiger partial charge in [-0.25, -0.2) is 0 Å². The number of hydrogen-bond acceptors (Lipinski definition) is 2. The minimum atomic E-state index is 0.519. The molecule has 0 fully saturated rings. The molecule has 0 saturated carbocycles. The first-order valence-electron chi connectivity index (χ1n) is 5.17. The van der Waals surface area contributed by atoms with Crippen molar-refractivity contribution in [2.75, 3.05) is 6.61 Å². The smallest absolute Gasteiger partial charge is 0.119 e. The summed E-state index contributed by atoms with van der Waals surface area (Å²) >= 11 is 0. The van der Waals surface area contributed by atoms with Gasteiger partial charge in [0.2, 0.25) is 0 Å². The fourth-order valence-corrected chi connectivity index (χ4v) is 1.23. The van der Waals surface area contributed by atoms with Gasteiger partial charge in [-0.05, 0) is 24.6 Å². The van der Waals surface area contributed by atoms with Crippen molar-refractivity contribution in [3.8, 4) is 5.75 Å². The fourth-order valence-electron chi connectivity index (χ4n) is 1.23. The van der Waals surface area contributed by atoms with Gasteiger partial charge in [0.15, 0.2) is 0 Å². The Hall–Kier alpha value is -1.02. The standard InChI is InChI=1S/C12H19NO/c1-4-14-12-7-5-6-11(8-12)9-13-10(2)3/h5-8,10,13H,4,9H2,1-3H3. The summed E-state index contributed by atoms with van der Waals surface area (Å²) in [6.45, 7) is 7.91. The van der Waals surface area contributed by atoms with Crippen LogP contribution in [0.25, 0.3) is 0 Å². The average molecular weight is 193 g/mol. The average Bonchev–Trinajstić information content (AvgIpc) is 2.16. The van der Waals surface area contributed by atoms with Crippen LogP contribution in [0.2, 0.25) is 0 Å². The van der Waals surface area contributed by atoms with Crippen LogP contribution >= 0.6 is 0 Å². The second kappa shape index (κ2) is 5.66. The monoisotopic (exact) mass is 193 g/mol. The molecule has 0 amide bonds. The molecule has 0 heterocycles. The molecule has 1 N–H and O–H groups in total. The van der Waals surface area contributed by atoms with Crippen LogP contribution in [0.3, 0.4) is 0 Å². The molecular weight excluding hydrogens is 174 g/mol. The van der Waals surface area contributed by atoms with Crippen LogP contribution in [0.1, 0.15) is 26.3 Å². The Morgan fingerprint density at radius 2 is 2.14 bits per heavy atom. The highest BCUT2D eigenvalue weighted by Gasteiger charge is 1.97. The highest BCUT2D eigenvalue weighted by atomic mass is 16.5. The Morgan fingerprint density at radius 1 is 1.36 bits per heavy atom. The lowest BCUT2D eigenvalue weighted by Gasteiger charge is -2.09. The first kappa shape index (κ1) is 11.1. The summed E-state index contributed by atoms with van der Waals surface area (Å²) in [6, 6.07) is 8.73. The Balaban J connectivity index is 2.54. The van der Waals surface area contributed by atoms with Crippen LogP contribution in [-0.2, 0) is 6.54 Å². The van der Waals surface area contributed by atoms with Gasteiger partial charge >= 0.3 is 0 Å². The highest BCUT2D eigenvalue weighted by Crippen LogP contribution is 2.12. The number of hydrogen-bond donors (Lipinski definition) is 1. The van der Waals surface area contributed by atoms with Crippen molar-refractivity contribution in [2.45, 2.75) is 33.4 Å². The predicted molar refractivity (Wildman–Crippen MR) is 59.6 cm³/mol. The van der Waals surface area contributed by atoms with E-state index in [1.807, 2.05) is 19.1 Å². The predicted octanol–water partition coefficient (Wildman–Crippen LogP) is 2.58. The Labute approximate surface area is 86.3 Å². The van der Waals surface area contributed by atoms with Gasteiger partial charge in [-0.2, -0.15) is 0 Å². The maximum Gasteiger partial charge on any atom is 0.119 e. The maximum absolute atomic E-state index is 5.43. The molecule has 2 heteroatoms. The van der Waals surface area contributed by atoms with Crippen LogP contribution in [-0.4, -0.2) is 12.6 Å². The lowest BCUT2D eigenvalue weighted by atomic mass is 10.2. The van der Waals surface area contributed by atoms with Crippen LogP contribution in [0.15, 0.2) is 24.3 Å². The molecule has 0 atom stereocenters. The van der Waals surface area contributed by atoms with E-state index < -0.39 is 0 Å². The van der Waals surface area contributed by atoms with Gasteiger partial charge in [-0.15, -0.1) is 0 Å². The van der Waals surface area contributed by atoms with E-state index in [1.54, 1.807) is 0 Å². The van der Waals surface area contributed by atoms with Gasteiger partial charge in [-0.3, -0.25) is 0 Å². The number of rotatable bonds is 5. The SMILES string of the molecule is CCOc1cccc(CNC(C)C)c1. The quantitative estimate of drug-likeness (QED) is 0.776. The zero-order valence-electron chi connectivity index (χ0n) is 9.21. The minimum Gasteiger partial charge on any atom is -0.494 e. The van der Waals surface area contributed by atoms with Gasteiger partial charge in [0.1, 0.15) is 5.75 Å². The minimum absolute atomic E-state index is 0.519. The summed E-state index contributed by atoms with van der Waals surface area (Å²) < 4.78 is 5.43. The summed E-state index contributed by atoms with van der Waals surface area (Å²) in [5, 5.41) is 3.38. The molecule has 1 aromatic carbocycles. The van der Waals surface area contributed by atoms with Gasteiger partial charge in [-0.1, -0.05) is 26.0 Å².